The van der Waals surface area contributed by atoms with E-state index >= 15 is 0 Å². The maximum absolute atomic E-state index is 4.67. The number of aryl methyl sites for hydroxylation is 2. The summed E-state index contributed by atoms with van der Waals surface area (Å²) in [4.78, 5) is 6.86. The lowest BCUT2D eigenvalue weighted by Crippen LogP contribution is -2.43. The van der Waals surface area contributed by atoms with Gasteiger partial charge >= 0.3 is 0 Å². The van der Waals surface area contributed by atoms with Crippen molar-refractivity contribution in [3.05, 3.63) is 52.3 Å². The maximum atomic E-state index is 4.67. The van der Waals surface area contributed by atoms with Crippen molar-refractivity contribution < 1.29 is 0 Å². The Morgan fingerprint density at radius 1 is 1.19 bits per heavy atom. The van der Waals surface area contributed by atoms with Crippen molar-refractivity contribution in [3.8, 4) is 0 Å². The van der Waals surface area contributed by atoms with Crippen molar-refractivity contribution >= 4 is 29.9 Å². The van der Waals surface area contributed by atoms with E-state index in [1.54, 1.807) is 0 Å². The quantitative estimate of drug-likeness (QED) is 0.427. The van der Waals surface area contributed by atoms with E-state index in [0.29, 0.717) is 0 Å². The minimum absolute atomic E-state index is 0. The lowest BCUT2D eigenvalue weighted by molar-refractivity contribution is 0.378. The molecule has 142 valence electrons. The number of aromatic nitrogens is 2. The average Bonchev–Trinajstić information content (AvgIpc) is 2.96. The Hall–Kier alpha value is -1.57. The zero-order chi connectivity index (χ0) is 17.8. The van der Waals surface area contributed by atoms with Crippen molar-refractivity contribution in [1.82, 2.24) is 20.0 Å². The van der Waals surface area contributed by atoms with Crippen LogP contribution in [0, 0.1) is 0 Å². The third-order valence-electron chi connectivity index (χ3n) is 5.09. The summed E-state index contributed by atoms with van der Waals surface area (Å²) in [5.41, 5.74) is 6.69. The molecule has 6 heteroatoms. The SMILES string of the molecule is CCc1nn(C)c(CC)c1CNC(=NC)N1CCc2ccccc2C1.I. The maximum Gasteiger partial charge on any atom is 0.194 e. The smallest absolute Gasteiger partial charge is 0.194 e. The average molecular weight is 467 g/mol. The zero-order valence-electron chi connectivity index (χ0n) is 16.2. The highest BCUT2D eigenvalue weighted by Crippen LogP contribution is 2.19. The van der Waals surface area contributed by atoms with Gasteiger partial charge in [-0.15, -0.1) is 24.0 Å². The van der Waals surface area contributed by atoms with Crippen LogP contribution in [-0.4, -0.2) is 34.2 Å². The van der Waals surface area contributed by atoms with Gasteiger partial charge in [0.2, 0.25) is 0 Å². The second-order valence-corrected chi connectivity index (χ2v) is 6.54. The Bertz CT molecular complexity index is 766. The predicted molar refractivity (Wildman–Crippen MR) is 118 cm³/mol. The molecule has 0 bridgehead atoms. The molecule has 0 amide bonds. The van der Waals surface area contributed by atoms with Gasteiger partial charge in [-0.2, -0.15) is 5.10 Å². The fourth-order valence-electron chi connectivity index (χ4n) is 3.77. The van der Waals surface area contributed by atoms with Crippen molar-refractivity contribution in [2.24, 2.45) is 12.0 Å². The van der Waals surface area contributed by atoms with Crippen LogP contribution in [-0.2, 0) is 39.4 Å². The normalized spacial score (nSPS) is 14.0. The first-order valence-corrected chi connectivity index (χ1v) is 9.23. The summed E-state index contributed by atoms with van der Waals surface area (Å²) in [6, 6.07) is 8.71. The minimum Gasteiger partial charge on any atom is -0.352 e. The van der Waals surface area contributed by atoms with Gasteiger partial charge in [0.25, 0.3) is 0 Å². The van der Waals surface area contributed by atoms with Crippen molar-refractivity contribution in [2.75, 3.05) is 13.6 Å². The van der Waals surface area contributed by atoms with Gasteiger partial charge in [-0.05, 0) is 30.4 Å². The van der Waals surface area contributed by atoms with Crippen molar-refractivity contribution in [3.63, 3.8) is 0 Å². The number of hydrogen-bond acceptors (Lipinski definition) is 2. The lowest BCUT2D eigenvalue weighted by atomic mass is 10.0. The molecule has 0 fully saturated rings. The molecule has 26 heavy (non-hydrogen) atoms. The van der Waals surface area contributed by atoms with Gasteiger partial charge < -0.3 is 10.2 Å². The van der Waals surface area contributed by atoms with Gasteiger partial charge in [0.15, 0.2) is 5.96 Å². The number of hydrogen-bond donors (Lipinski definition) is 1. The van der Waals surface area contributed by atoms with Gasteiger partial charge in [-0.3, -0.25) is 9.67 Å². The van der Waals surface area contributed by atoms with E-state index in [1.165, 1.54) is 28.1 Å². The molecule has 1 aliphatic heterocycles. The van der Waals surface area contributed by atoms with Gasteiger partial charge in [0.1, 0.15) is 0 Å². The molecular formula is C20H30IN5. The van der Waals surface area contributed by atoms with E-state index < -0.39 is 0 Å². The van der Waals surface area contributed by atoms with E-state index in [9.17, 15) is 0 Å². The van der Waals surface area contributed by atoms with E-state index in [1.807, 2.05) is 18.8 Å². The molecule has 0 radical (unpaired) electrons. The molecule has 0 aliphatic carbocycles. The molecule has 5 nitrogen and oxygen atoms in total. The second kappa shape index (κ2) is 9.39. The lowest BCUT2D eigenvalue weighted by Gasteiger charge is -2.31. The van der Waals surface area contributed by atoms with Crippen LogP contribution in [0.2, 0.25) is 0 Å². The number of fused-ring (bicyclic) bond motifs is 1. The standard InChI is InChI=1S/C20H29N5.HI/c1-5-18-17(19(6-2)24(4)23-18)13-22-20(21-3)25-12-11-15-9-7-8-10-16(15)14-25;/h7-10H,5-6,11-14H2,1-4H3,(H,21,22);1H. The summed E-state index contributed by atoms with van der Waals surface area (Å²) < 4.78 is 2.02. The summed E-state index contributed by atoms with van der Waals surface area (Å²) in [5, 5.41) is 8.24. The van der Waals surface area contributed by atoms with Gasteiger partial charge in [0, 0.05) is 45.0 Å². The molecule has 2 aromatic rings. The zero-order valence-corrected chi connectivity index (χ0v) is 18.6. The van der Waals surface area contributed by atoms with Crippen LogP contribution in [0.25, 0.3) is 0 Å². The first-order valence-electron chi connectivity index (χ1n) is 9.23. The number of guanidine groups is 1. The molecule has 1 aromatic carbocycles. The van der Waals surface area contributed by atoms with E-state index in [4.69, 9.17) is 0 Å². The monoisotopic (exact) mass is 467 g/mol. The third-order valence-corrected chi connectivity index (χ3v) is 5.09. The number of benzene rings is 1. The third kappa shape index (κ3) is 4.22. The molecule has 1 aliphatic rings. The Morgan fingerprint density at radius 3 is 2.58 bits per heavy atom. The summed E-state index contributed by atoms with van der Waals surface area (Å²) in [7, 11) is 3.91. The molecule has 1 aromatic heterocycles. The van der Waals surface area contributed by atoms with Gasteiger partial charge in [-0.25, -0.2) is 0 Å². The molecule has 0 saturated carbocycles. The fraction of sp³-hybridized carbons (Fsp3) is 0.500. The molecule has 0 saturated heterocycles. The summed E-state index contributed by atoms with van der Waals surface area (Å²) >= 11 is 0. The first kappa shape index (κ1) is 20.7. The summed E-state index contributed by atoms with van der Waals surface area (Å²) in [5.74, 6) is 0.975. The van der Waals surface area contributed by atoms with Crippen LogP contribution < -0.4 is 5.32 Å². The highest BCUT2D eigenvalue weighted by atomic mass is 127. The second-order valence-electron chi connectivity index (χ2n) is 6.54. The summed E-state index contributed by atoms with van der Waals surface area (Å²) in [6.07, 6.45) is 3.03. The number of nitrogens with one attached hydrogen (secondary N) is 1. The first-order chi connectivity index (χ1) is 12.2. The van der Waals surface area contributed by atoms with Crippen LogP contribution in [0.5, 0.6) is 0 Å². The highest BCUT2D eigenvalue weighted by Gasteiger charge is 2.20. The topological polar surface area (TPSA) is 45.5 Å². The summed E-state index contributed by atoms with van der Waals surface area (Å²) in [6.45, 7) is 7.07. The van der Waals surface area contributed by atoms with Crippen LogP contribution in [0.15, 0.2) is 29.3 Å². The highest BCUT2D eigenvalue weighted by molar-refractivity contribution is 14.0. The number of aliphatic imine (C=N–C) groups is 1. The minimum atomic E-state index is 0. The van der Waals surface area contributed by atoms with E-state index in [2.05, 4.69) is 58.4 Å². The molecule has 0 atom stereocenters. The number of nitrogens with zero attached hydrogens (tertiary/aromatic N) is 4. The number of rotatable bonds is 4. The Morgan fingerprint density at radius 2 is 1.92 bits per heavy atom. The molecule has 2 heterocycles. The Labute approximate surface area is 173 Å². The fourth-order valence-corrected chi connectivity index (χ4v) is 3.77. The van der Waals surface area contributed by atoms with Crippen LogP contribution >= 0.6 is 24.0 Å². The predicted octanol–water partition coefficient (Wildman–Crippen LogP) is 3.30. The number of halogens is 1. The molecule has 0 unspecified atom stereocenters. The Kier molecular flexibility index (Phi) is 7.49. The molecule has 1 N–H and O–H groups in total. The van der Waals surface area contributed by atoms with Crippen LogP contribution in [0.3, 0.4) is 0 Å². The molecule has 0 spiro atoms. The Balaban J connectivity index is 0.00000243. The molecular weight excluding hydrogens is 437 g/mol. The van der Waals surface area contributed by atoms with E-state index in [0.717, 1.165) is 44.9 Å². The van der Waals surface area contributed by atoms with Crippen LogP contribution in [0.1, 0.15) is 41.9 Å². The van der Waals surface area contributed by atoms with E-state index in [-0.39, 0.29) is 24.0 Å². The largest absolute Gasteiger partial charge is 0.352 e. The van der Waals surface area contributed by atoms with Crippen LogP contribution in [0.4, 0.5) is 0 Å². The van der Waals surface area contributed by atoms with Crippen molar-refractivity contribution in [2.45, 2.75) is 46.2 Å². The van der Waals surface area contributed by atoms with Gasteiger partial charge in [0.05, 0.1) is 5.69 Å². The van der Waals surface area contributed by atoms with Crippen molar-refractivity contribution in [1.29, 1.82) is 0 Å². The van der Waals surface area contributed by atoms with Gasteiger partial charge in [-0.1, -0.05) is 38.1 Å². The molecule has 3 rings (SSSR count).